The van der Waals surface area contributed by atoms with Crippen LogP contribution in [0.15, 0.2) is 0 Å². The van der Waals surface area contributed by atoms with E-state index in [-0.39, 0.29) is 24.6 Å². The molecule has 0 aliphatic rings. The Balaban J connectivity index is 4.21. The van der Waals surface area contributed by atoms with Gasteiger partial charge in [-0.3, -0.25) is 19.2 Å². The molecule has 0 heterocycles. The van der Waals surface area contributed by atoms with Gasteiger partial charge in [-0.1, -0.05) is 0 Å². The third-order valence-electron chi connectivity index (χ3n) is 2.85. The van der Waals surface area contributed by atoms with E-state index in [4.69, 9.17) is 0 Å². The second-order valence-electron chi connectivity index (χ2n) is 4.28. The van der Waals surface area contributed by atoms with Crippen molar-refractivity contribution in [2.45, 2.75) is 0 Å². The van der Waals surface area contributed by atoms with Crippen molar-refractivity contribution in [1.82, 2.24) is 21.3 Å². The van der Waals surface area contributed by atoms with Crippen molar-refractivity contribution in [3.8, 4) is 0 Å². The molecule has 0 spiro atoms. The topological polar surface area (TPSA) is 116 Å². The fraction of sp³-hybridized carbons (Fsp3) is 0.667. The van der Waals surface area contributed by atoms with Gasteiger partial charge in [-0.25, -0.2) is 0 Å². The highest BCUT2D eigenvalue weighted by Crippen LogP contribution is 2.00. The zero-order chi connectivity index (χ0) is 17.1. The molecule has 8 nitrogen and oxygen atoms in total. The van der Waals surface area contributed by atoms with Gasteiger partial charge in [0.25, 0.3) is 0 Å². The predicted octanol–water partition coefficient (Wildman–Crippen LogP) is -2.20. The number of rotatable bonds is 9. The summed E-state index contributed by atoms with van der Waals surface area (Å²) in [5.41, 5.74) is 0. The number of thiol groups is 2. The summed E-state index contributed by atoms with van der Waals surface area (Å²) in [5.74, 6) is -3.41. The van der Waals surface area contributed by atoms with Crippen LogP contribution in [-0.4, -0.2) is 62.3 Å². The van der Waals surface area contributed by atoms with Gasteiger partial charge in [-0.15, -0.1) is 0 Å². The summed E-state index contributed by atoms with van der Waals surface area (Å²) in [7, 11) is 2.87. The van der Waals surface area contributed by atoms with Gasteiger partial charge < -0.3 is 21.3 Å². The lowest BCUT2D eigenvalue weighted by Crippen LogP contribution is -2.46. The van der Waals surface area contributed by atoms with Gasteiger partial charge in [0.2, 0.25) is 23.6 Å². The van der Waals surface area contributed by atoms with Crippen LogP contribution in [0.5, 0.6) is 0 Å². The lowest BCUT2D eigenvalue weighted by molar-refractivity contribution is -0.136. The highest BCUT2D eigenvalue weighted by molar-refractivity contribution is 7.80. The van der Waals surface area contributed by atoms with Gasteiger partial charge in [0.1, 0.15) is 11.8 Å². The summed E-state index contributed by atoms with van der Waals surface area (Å²) in [4.78, 5) is 46.3. The summed E-state index contributed by atoms with van der Waals surface area (Å²) in [5, 5.41) is 9.79. The fourth-order valence-electron chi connectivity index (χ4n) is 1.54. The van der Waals surface area contributed by atoms with E-state index in [1.807, 2.05) is 0 Å². The summed E-state index contributed by atoms with van der Waals surface area (Å²) in [6.07, 6.45) is 0. The molecule has 0 saturated heterocycles. The van der Waals surface area contributed by atoms with Crippen LogP contribution in [0.25, 0.3) is 0 Å². The first kappa shape index (κ1) is 20.6. The molecule has 0 aliphatic carbocycles. The van der Waals surface area contributed by atoms with Crippen molar-refractivity contribution >= 4 is 48.9 Å². The summed E-state index contributed by atoms with van der Waals surface area (Å²) in [6, 6.07) is 0. The number of carbonyl (C=O) groups is 4. The molecule has 0 bridgehead atoms. The number of amides is 4. The molecule has 2 unspecified atom stereocenters. The van der Waals surface area contributed by atoms with E-state index < -0.39 is 35.5 Å². The summed E-state index contributed by atoms with van der Waals surface area (Å²) >= 11 is 7.91. The van der Waals surface area contributed by atoms with E-state index in [0.717, 1.165) is 0 Å². The van der Waals surface area contributed by atoms with Gasteiger partial charge >= 0.3 is 0 Å². The predicted molar refractivity (Wildman–Crippen MR) is 88.8 cm³/mol. The fourth-order valence-corrected chi connectivity index (χ4v) is 2.20. The van der Waals surface area contributed by atoms with Crippen LogP contribution in [0.2, 0.25) is 0 Å². The van der Waals surface area contributed by atoms with Gasteiger partial charge in [-0.2, -0.15) is 25.3 Å². The second kappa shape index (κ2) is 11.2. The Labute approximate surface area is 140 Å². The molecule has 0 aliphatic heterocycles. The maximum Gasteiger partial charge on any atom is 0.233 e. The molecule has 22 heavy (non-hydrogen) atoms. The van der Waals surface area contributed by atoms with Crippen LogP contribution >= 0.6 is 25.3 Å². The van der Waals surface area contributed by atoms with Crippen LogP contribution in [-0.2, 0) is 19.2 Å². The van der Waals surface area contributed by atoms with Crippen molar-refractivity contribution in [2.24, 2.45) is 11.8 Å². The minimum absolute atomic E-state index is 0.0796. The van der Waals surface area contributed by atoms with Crippen LogP contribution in [0.1, 0.15) is 0 Å². The van der Waals surface area contributed by atoms with Gasteiger partial charge in [0.15, 0.2) is 0 Å². The molecule has 0 rings (SSSR count). The average molecular weight is 350 g/mol. The highest BCUT2D eigenvalue weighted by Gasteiger charge is 2.25. The van der Waals surface area contributed by atoms with Gasteiger partial charge in [0, 0.05) is 38.7 Å². The molecule has 0 radical (unpaired) electrons. The van der Waals surface area contributed by atoms with Gasteiger partial charge in [-0.05, 0) is 0 Å². The second-order valence-corrected chi connectivity index (χ2v) is 5.01. The first-order valence-corrected chi connectivity index (χ1v) is 7.89. The van der Waals surface area contributed by atoms with Crippen LogP contribution in [0.4, 0.5) is 0 Å². The van der Waals surface area contributed by atoms with E-state index in [1.54, 1.807) is 0 Å². The molecule has 126 valence electrons. The average Bonchev–Trinajstić information content (AvgIpc) is 2.52. The zero-order valence-corrected chi connectivity index (χ0v) is 14.3. The van der Waals surface area contributed by atoms with Crippen LogP contribution in [0.3, 0.4) is 0 Å². The highest BCUT2D eigenvalue weighted by atomic mass is 32.1. The number of hydrogen-bond acceptors (Lipinski definition) is 6. The Morgan fingerprint density at radius 2 is 1.05 bits per heavy atom. The lowest BCUT2D eigenvalue weighted by atomic mass is 10.1. The maximum atomic E-state index is 11.8. The van der Waals surface area contributed by atoms with Crippen molar-refractivity contribution < 1.29 is 19.2 Å². The van der Waals surface area contributed by atoms with E-state index in [1.165, 1.54) is 14.1 Å². The number of carbonyl (C=O) groups excluding carboxylic acids is 4. The Kier molecular flexibility index (Phi) is 10.5. The quantitative estimate of drug-likeness (QED) is 0.161. The van der Waals surface area contributed by atoms with Crippen LogP contribution < -0.4 is 21.3 Å². The van der Waals surface area contributed by atoms with E-state index >= 15 is 0 Å². The SMILES string of the molecule is CNC(=O)C(CS)C(=O)NCCNC(=O)C(CS)C(=O)NC. The lowest BCUT2D eigenvalue weighted by Gasteiger charge is -2.15. The maximum absolute atomic E-state index is 11.8. The normalized spacial score (nSPS) is 12.7. The Morgan fingerprint density at radius 1 is 0.727 bits per heavy atom. The molecular weight excluding hydrogens is 328 g/mol. The molecule has 0 saturated carbocycles. The van der Waals surface area contributed by atoms with E-state index in [2.05, 4.69) is 46.5 Å². The third kappa shape index (κ3) is 6.56. The smallest absolute Gasteiger partial charge is 0.233 e. The molecule has 0 aromatic heterocycles. The molecule has 0 aromatic rings. The standard InChI is InChI=1S/C12H22N4O4S2/c1-13-9(17)7(5-21)11(19)15-3-4-16-12(20)8(6-22)10(18)14-2/h7-8,21-22H,3-6H2,1-2H3,(H,13,17)(H,14,18)(H,15,19)(H,16,20). The van der Waals surface area contributed by atoms with E-state index in [9.17, 15) is 19.2 Å². The van der Waals surface area contributed by atoms with Crippen molar-refractivity contribution in [1.29, 1.82) is 0 Å². The van der Waals surface area contributed by atoms with Crippen LogP contribution in [0, 0.1) is 11.8 Å². The summed E-state index contributed by atoms with van der Waals surface area (Å²) < 4.78 is 0. The zero-order valence-electron chi connectivity index (χ0n) is 12.5. The minimum Gasteiger partial charge on any atom is -0.358 e. The first-order valence-electron chi connectivity index (χ1n) is 6.63. The third-order valence-corrected chi connectivity index (χ3v) is 3.58. The molecule has 4 N–H and O–H groups in total. The molecule has 10 heteroatoms. The Bertz CT molecular complexity index is 382. The molecule has 2 atom stereocenters. The van der Waals surface area contributed by atoms with Crippen molar-refractivity contribution in [3.63, 3.8) is 0 Å². The molecular formula is C12H22N4O4S2. The minimum atomic E-state index is -0.889. The molecule has 0 fully saturated rings. The molecule has 0 aromatic carbocycles. The first-order chi connectivity index (χ1) is 10.4. The largest absolute Gasteiger partial charge is 0.358 e. The van der Waals surface area contributed by atoms with Crippen molar-refractivity contribution in [3.05, 3.63) is 0 Å². The van der Waals surface area contributed by atoms with E-state index in [0.29, 0.717) is 0 Å². The molecule has 4 amide bonds. The van der Waals surface area contributed by atoms with Crippen molar-refractivity contribution in [2.75, 3.05) is 38.7 Å². The Hall–Kier alpha value is -1.42. The monoisotopic (exact) mass is 350 g/mol. The van der Waals surface area contributed by atoms with Gasteiger partial charge in [0.05, 0.1) is 0 Å². The summed E-state index contributed by atoms with van der Waals surface area (Å²) in [6.45, 7) is 0.276. The number of nitrogens with one attached hydrogen (secondary N) is 4. The number of hydrogen-bond donors (Lipinski definition) is 6. The Morgan fingerprint density at radius 3 is 1.27 bits per heavy atom.